The van der Waals surface area contributed by atoms with Gasteiger partial charge in [-0.2, -0.15) is 5.10 Å². The van der Waals surface area contributed by atoms with Gasteiger partial charge in [0.25, 0.3) is 5.91 Å². The maximum absolute atomic E-state index is 13.1. The summed E-state index contributed by atoms with van der Waals surface area (Å²) in [7, 11) is 1.61. The molecule has 0 saturated heterocycles. The van der Waals surface area contributed by atoms with Gasteiger partial charge in [-0.1, -0.05) is 6.07 Å². The number of benzene rings is 2. The molecule has 1 aromatic heterocycles. The lowest BCUT2D eigenvalue weighted by Crippen LogP contribution is -2.26. The molecule has 0 bridgehead atoms. The molecular formula is C18H17FN4O2. The third-order valence-electron chi connectivity index (χ3n) is 3.61. The van der Waals surface area contributed by atoms with Crippen LogP contribution in [0.5, 0.6) is 5.75 Å². The fourth-order valence-electron chi connectivity index (χ4n) is 2.30. The number of aromatic amines is 1. The van der Waals surface area contributed by atoms with Gasteiger partial charge < -0.3 is 10.1 Å². The van der Waals surface area contributed by atoms with Gasteiger partial charge in [0.15, 0.2) is 5.82 Å². The summed E-state index contributed by atoms with van der Waals surface area (Å²) in [6, 6.07) is 13.0. The Morgan fingerprint density at radius 3 is 2.76 bits per heavy atom. The summed E-state index contributed by atoms with van der Waals surface area (Å²) >= 11 is 0. The van der Waals surface area contributed by atoms with Crippen molar-refractivity contribution in [3.63, 3.8) is 0 Å². The maximum atomic E-state index is 13.1. The smallest absolute Gasteiger partial charge is 0.251 e. The molecule has 0 saturated carbocycles. The Kier molecular flexibility index (Phi) is 5.03. The van der Waals surface area contributed by atoms with E-state index in [-0.39, 0.29) is 11.5 Å². The predicted octanol–water partition coefficient (Wildman–Crippen LogP) is 2.59. The highest BCUT2D eigenvalue weighted by Crippen LogP contribution is 2.18. The van der Waals surface area contributed by atoms with Crippen molar-refractivity contribution in [2.24, 2.45) is 0 Å². The average Bonchev–Trinajstić information content (AvgIpc) is 3.10. The molecule has 0 aliphatic carbocycles. The van der Waals surface area contributed by atoms with Crippen molar-refractivity contribution < 1.29 is 13.9 Å². The van der Waals surface area contributed by atoms with E-state index in [0.717, 1.165) is 11.3 Å². The van der Waals surface area contributed by atoms with Gasteiger partial charge in [0.05, 0.1) is 7.11 Å². The maximum Gasteiger partial charge on any atom is 0.251 e. The van der Waals surface area contributed by atoms with E-state index >= 15 is 0 Å². The number of hydrogen-bond acceptors (Lipinski definition) is 4. The number of nitrogens with one attached hydrogen (secondary N) is 2. The monoisotopic (exact) mass is 340 g/mol. The summed E-state index contributed by atoms with van der Waals surface area (Å²) in [5, 5.41) is 9.75. The van der Waals surface area contributed by atoms with Crippen LogP contribution in [-0.2, 0) is 6.42 Å². The minimum atomic E-state index is -0.438. The molecule has 0 aliphatic heterocycles. The fourth-order valence-corrected chi connectivity index (χ4v) is 2.30. The number of amides is 1. The highest BCUT2D eigenvalue weighted by atomic mass is 19.1. The van der Waals surface area contributed by atoms with Crippen LogP contribution in [0.15, 0.2) is 48.5 Å². The standard InChI is InChI=1S/C18H17FN4O2/c1-25-15-7-5-12(6-8-15)17-21-16(22-23-17)9-10-20-18(24)13-3-2-4-14(19)11-13/h2-8,11H,9-10H2,1H3,(H,20,24)(H,21,22,23). The quantitative estimate of drug-likeness (QED) is 0.723. The van der Waals surface area contributed by atoms with E-state index in [1.165, 1.54) is 18.2 Å². The van der Waals surface area contributed by atoms with Crippen LogP contribution in [0.2, 0.25) is 0 Å². The van der Waals surface area contributed by atoms with Gasteiger partial charge in [0.2, 0.25) is 0 Å². The normalized spacial score (nSPS) is 10.5. The summed E-state index contributed by atoms with van der Waals surface area (Å²) in [5.41, 5.74) is 1.16. The van der Waals surface area contributed by atoms with Crippen LogP contribution in [0.4, 0.5) is 4.39 Å². The molecule has 3 rings (SSSR count). The number of nitrogens with zero attached hydrogens (tertiary/aromatic N) is 2. The summed E-state index contributed by atoms with van der Waals surface area (Å²) < 4.78 is 18.2. The molecule has 0 fully saturated rings. The van der Waals surface area contributed by atoms with E-state index in [4.69, 9.17) is 4.74 Å². The molecule has 0 spiro atoms. The van der Waals surface area contributed by atoms with Crippen molar-refractivity contribution in [2.45, 2.75) is 6.42 Å². The lowest BCUT2D eigenvalue weighted by Gasteiger charge is -2.03. The zero-order valence-corrected chi connectivity index (χ0v) is 13.6. The molecule has 6 nitrogen and oxygen atoms in total. The number of H-pyrrole nitrogens is 1. The van der Waals surface area contributed by atoms with E-state index in [2.05, 4.69) is 20.5 Å². The Morgan fingerprint density at radius 1 is 1.24 bits per heavy atom. The first-order chi connectivity index (χ1) is 12.2. The highest BCUT2D eigenvalue weighted by Gasteiger charge is 2.08. The summed E-state index contributed by atoms with van der Waals surface area (Å²) in [6.45, 7) is 0.368. The van der Waals surface area contributed by atoms with Crippen molar-refractivity contribution in [1.82, 2.24) is 20.5 Å². The Morgan fingerprint density at radius 2 is 2.04 bits per heavy atom. The molecule has 2 aromatic carbocycles. The van der Waals surface area contributed by atoms with Crippen molar-refractivity contribution in [3.8, 4) is 17.1 Å². The van der Waals surface area contributed by atoms with E-state index in [1.54, 1.807) is 13.2 Å². The van der Waals surface area contributed by atoms with Gasteiger partial charge in [-0.25, -0.2) is 9.37 Å². The number of aromatic nitrogens is 3. The molecule has 0 aliphatic rings. The summed E-state index contributed by atoms with van der Waals surface area (Å²) in [4.78, 5) is 16.3. The molecule has 7 heteroatoms. The second-order valence-electron chi connectivity index (χ2n) is 5.35. The van der Waals surface area contributed by atoms with Gasteiger partial charge in [-0.05, 0) is 42.5 Å². The van der Waals surface area contributed by atoms with Crippen molar-refractivity contribution in [3.05, 3.63) is 65.7 Å². The molecule has 0 unspecified atom stereocenters. The number of halogens is 1. The molecule has 3 aromatic rings. The van der Waals surface area contributed by atoms with Crippen molar-refractivity contribution in [1.29, 1.82) is 0 Å². The second kappa shape index (κ2) is 7.57. The average molecular weight is 340 g/mol. The van der Waals surface area contributed by atoms with Gasteiger partial charge in [-0.15, -0.1) is 0 Å². The van der Waals surface area contributed by atoms with E-state index in [0.29, 0.717) is 24.6 Å². The number of rotatable bonds is 6. The Balaban J connectivity index is 1.55. The molecule has 0 radical (unpaired) electrons. The van der Waals surface area contributed by atoms with E-state index in [9.17, 15) is 9.18 Å². The largest absolute Gasteiger partial charge is 0.497 e. The van der Waals surface area contributed by atoms with Gasteiger partial charge in [0, 0.05) is 24.1 Å². The number of ether oxygens (including phenoxy) is 1. The van der Waals surface area contributed by atoms with Gasteiger partial charge in [0.1, 0.15) is 17.4 Å². The van der Waals surface area contributed by atoms with Crippen molar-refractivity contribution >= 4 is 5.91 Å². The van der Waals surface area contributed by atoms with E-state index < -0.39 is 5.82 Å². The minimum Gasteiger partial charge on any atom is -0.497 e. The van der Waals surface area contributed by atoms with Crippen molar-refractivity contribution in [2.75, 3.05) is 13.7 Å². The summed E-state index contributed by atoms with van der Waals surface area (Å²) in [5.74, 6) is 1.24. The van der Waals surface area contributed by atoms with Crippen LogP contribution in [-0.4, -0.2) is 34.7 Å². The zero-order valence-electron chi connectivity index (χ0n) is 13.6. The topological polar surface area (TPSA) is 79.9 Å². The number of carbonyl (C=O) groups excluding carboxylic acids is 1. The third kappa shape index (κ3) is 4.20. The Labute approximate surface area is 144 Å². The predicted molar refractivity (Wildman–Crippen MR) is 90.8 cm³/mol. The minimum absolute atomic E-state index is 0.288. The van der Waals surface area contributed by atoms with Crippen LogP contribution in [0.25, 0.3) is 11.4 Å². The van der Waals surface area contributed by atoms with Crippen LogP contribution >= 0.6 is 0 Å². The lowest BCUT2D eigenvalue weighted by molar-refractivity contribution is 0.0953. The Bertz CT molecular complexity index is 862. The second-order valence-corrected chi connectivity index (χ2v) is 5.35. The molecule has 1 heterocycles. The van der Waals surface area contributed by atoms with Crippen LogP contribution in [0.3, 0.4) is 0 Å². The molecule has 128 valence electrons. The van der Waals surface area contributed by atoms with Crippen LogP contribution < -0.4 is 10.1 Å². The highest BCUT2D eigenvalue weighted by molar-refractivity contribution is 5.94. The zero-order chi connectivity index (χ0) is 17.6. The van der Waals surface area contributed by atoms with Gasteiger partial charge >= 0.3 is 0 Å². The third-order valence-corrected chi connectivity index (χ3v) is 3.61. The van der Waals surface area contributed by atoms with Gasteiger partial charge in [-0.3, -0.25) is 9.89 Å². The number of carbonyl (C=O) groups is 1. The number of hydrogen-bond donors (Lipinski definition) is 2. The fraction of sp³-hybridized carbons (Fsp3) is 0.167. The Hall–Kier alpha value is -3.22. The first-order valence-corrected chi connectivity index (χ1v) is 7.75. The molecule has 1 amide bonds. The van der Waals surface area contributed by atoms with Crippen LogP contribution in [0, 0.1) is 5.82 Å². The SMILES string of the molecule is COc1ccc(-c2n[nH]c(CCNC(=O)c3cccc(F)c3)n2)cc1. The first kappa shape index (κ1) is 16.6. The molecule has 0 atom stereocenters. The molecule has 2 N–H and O–H groups in total. The summed E-state index contributed by atoms with van der Waals surface area (Å²) in [6.07, 6.45) is 0.490. The number of methoxy groups -OCH3 is 1. The first-order valence-electron chi connectivity index (χ1n) is 7.75. The molecule has 25 heavy (non-hydrogen) atoms. The molecular weight excluding hydrogens is 323 g/mol. The van der Waals surface area contributed by atoms with E-state index in [1.807, 2.05) is 24.3 Å². The van der Waals surface area contributed by atoms with Crippen LogP contribution in [0.1, 0.15) is 16.2 Å². The lowest BCUT2D eigenvalue weighted by atomic mass is 10.2.